The Bertz CT molecular complexity index is 963. The van der Waals surface area contributed by atoms with E-state index in [1.807, 2.05) is 48.7 Å². The van der Waals surface area contributed by atoms with E-state index in [2.05, 4.69) is 29.0 Å². The normalized spacial score (nSPS) is 25.5. The molecule has 0 aromatic heterocycles. The third-order valence-electron chi connectivity index (χ3n) is 9.32. The van der Waals surface area contributed by atoms with E-state index in [-0.39, 0.29) is 53.8 Å². The van der Waals surface area contributed by atoms with Crippen LogP contribution < -0.4 is 5.32 Å². The van der Waals surface area contributed by atoms with Gasteiger partial charge in [0.15, 0.2) is 0 Å². The molecule has 3 saturated heterocycles. The summed E-state index contributed by atoms with van der Waals surface area (Å²) in [6.07, 6.45) is 5.73. The van der Waals surface area contributed by atoms with E-state index in [9.17, 15) is 19.2 Å². The monoisotopic (exact) mass is 591 g/mol. The fourth-order valence-electron chi connectivity index (χ4n) is 6.78. The smallest absolute Gasteiger partial charge is 0.329 e. The SMILES string of the molecule is CC(C)OC(=O)C1CCCN1C(=O)C1CCCN1CC(C(C)C)N(C)C(=O)C(NC(=O)[C@H]1CCCCN1C)C(C)(C)C. The highest BCUT2D eigenvalue weighted by molar-refractivity contribution is 5.91. The predicted octanol–water partition coefficient (Wildman–Crippen LogP) is 2.89. The Morgan fingerprint density at radius 1 is 0.881 bits per heavy atom. The summed E-state index contributed by atoms with van der Waals surface area (Å²) in [5, 5.41) is 3.13. The molecule has 3 rings (SSSR count). The van der Waals surface area contributed by atoms with Gasteiger partial charge in [-0.15, -0.1) is 0 Å². The first-order valence-electron chi connectivity index (χ1n) is 16.2. The van der Waals surface area contributed by atoms with Crippen LogP contribution in [0, 0.1) is 11.3 Å². The van der Waals surface area contributed by atoms with Crippen molar-refractivity contribution in [2.45, 2.75) is 130 Å². The zero-order valence-corrected chi connectivity index (χ0v) is 27.6. The van der Waals surface area contributed by atoms with Gasteiger partial charge < -0.3 is 19.9 Å². The lowest BCUT2D eigenvalue weighted by molar-refractivity contribution is -0.158. The van der Waals surface area contributed by atoms with Gasteiger partial charge in [0, 0.05) is 26.2 Å². The lowest BCUT2D eigenvalue weighted by atomic mass is 9.84. The molecule has 3 fully saturated rings. The Balaban J connectivity index is 1.73. The molecular weight excluding hydrogens is 534 g/mol. The van der Waals surface area contributed by atoms with Gasteiger partial charge in [-0.2, -0.15) is 0 Å². The molecule has 0 spiro atoms. The van der Waals surface area contributed by atoms with Crippen molar-refractivity contribution < 1.29 is 23.9 Å². The van der Waals surface area contributed by atoms with Crippen LogP contribution in [0.2, 0.25) is 0 Å². The molecule has 0 aliphatic carbocycles. The number of amides is 3. The second-order valence-electron chi connectivity index (χ2n) is 14.4. The summed E-state index contributed by atoms with van der Waals surface area (Å²) in [5.74, 6) is -0.381. The highest BCUT2D eigenvalue weighted by Gasteiger charge is 2.44. The lowest BCUT2D eigenvalue weighted by Crippen LogP contribution is -2.61. The van der Waals surface area contributed by atoms with Gasteiger partial charge in [0.25, 0.3) is 0 Å². The van der Waals surface area contributed by atoms with E-state index in [4.69, 9.17) is 4.74 Å². The van der Waals surface area contributed by atoms with Crippen molar-refractivity contribution in [1.82, 2.24) is 24.9 Å². The molecule has 0 aromatic carbocycles. The number of carbonyl (C=O) groups excluding carboxylic acids is 4. The number of esters is 1. The van der Waals surface area contributed by atoms with Crippen LogP contribution >= 0.6 is 0 Å². The zero-order chi connectivity index (χ0) is 31.4. The maximum absolute atomic E-state index is 14.1. The van der Waals surface area contributed by atoms with Crippen LogP contribution in [0.4, 0.5) is 0 Å². The first-order valence-corrected chi connectivity index (χ1v) is 16.2. The van der Waals surface area contributed by atoms with E-state index < -0.39 is 17.5 Å². The predicted molar refractivity (Wildman–Crippen MR) is 164 cm³/mol. The minimum atomic E-state index is -0.667. The Morgan fingerprint density at radius 2 is 1.50 bits per heavy atom. The summed E-state index contributed by atoms with van der Waals surface area (Å²) in [7, 11) is 3.81. The summed E-state index contributed by atoms with van der Waals surface area (Å²) in [5.41, 5.74) is -0.475. The van der Waals surface area contributed by atoms with E-state index >= 15 is 0 Å². The number of carbonyl (C=O) groups is 4. The largest absolute Gasteiger partial charge is 0.461 e. The third-order valence-corrected chi connectivity index (χ3v) is 9.32. The van der Waals surface area contributed by atoms with Crippen molar-refractivity contribution in [1.29, 1.82) is 0 Å². The molecule has 0 radical (unpaired) electrons. The Kier molecular flexibility index (Phi) is 11.9. The standard InChI is InChI=1S/C32H57N5O5/c1-21(2)26(35(9)30(40)27(32(5,6)7)33-28(38)23-14-10-11-17-34(23)8)20-36-18-12-15-24(36)29(39)37-19-13-16-25(37)31(41)42-22(3)4/h21-27H,10-20H2,1-9H3,(H,33,38)/t23-,24?,25?,26?,27?/m1/s1. The summed E-state index contributed by atoms with van der Waals surface area (Å²) < 4.78 is 5.46. The molecule has 0 aromatic rings. The fourth-order valence-corrected chi connectivity index (χ4v) is 6.78. The van der Waals surface area contributed by atoms with Crippen LogP contribution in [-0.4, -0.2) is 120 Å². The van der Waals surface area contributed by atoms with E-state index in [1.54, 1.807) is 9.80 Å². The summed E-state index contributed by atoms with van der Waals surface area (Å²) in [6, 6.07) is -1.87. The number of likely N-dealkylation sites (N-methyl/N-ethyl adjacent to an activating group) is 2. The van der Waals surface area contributed by atoms with Crippen molar-refractivity contribution in [3.8, 4) is 0 Å². The molecule has 3 amide bonds. The van der Waals surface area contributed by atoms with Crippen LogP contribution in [0.15, 0.2) is 0 Å². The molecule has 3 heterocycles. The minimum Gasteiger partial charge on any atom is -0.461 e. The van der Waals surface area contributed by atoms with Gasteiger partial charge in [0.05, 0.1) is 18.2 Å². The first-order chi connectivity index (χ1) is 19.6. The van der Waals surface area contributed by atoms with Crippen LogP contribution in [0.1, 0.15) is 93.4 Å². The molecule has 10 nitrogen and oxygen atoms in total. The van der Waals surface area contributed by atoms with Crippen molar-refractivity contribution in [3.05, 3.63) is 0 Å². The molecule has 1 N–H and O–H groups in total. The van der Waals surface area contributed by atoms with Crippen molar-refractivity contribution in [2.24, 2.45) is 11.3 Å². The number of hydrogen-bond donors (Lipinski definition) is 1. The number of nitrogens with zero attached hydrogens (tertiary/aromatic N) is 4. The van der Waals surface area contributed by atoms with Crippen molar-refractivity contribution >= 4 is 23.7 Å². The van der Waals surface area contributed by atoms with E-state index in [0.717, 1.165) is 51.6 Å². The molecule has 240 valence electrons. The number of ether oxygens (including phenoxy) is 1. The van der Waals surface area contributed by atoms with Gasteiger partial charge >= 0.3 is 5.97 Å². The Hall–Kier alpha value is -2.20. The Labute approximate surface area is 253 Å². The molecule has 10 heteroatoms. The molecule has 42 heavy (non-hydrogen) atoms. The van der Waals surface area contributed by atoms with Gasteiger partial charge in [-0.05, 0) is 83.8 Å². The molecular formula is C32H57N5O5. The van der Waals surface area contributed by atoms with Gasteiger partial charge in [-0.1, -0.05) is 41.0 Å². The highest BCUT2D eigenvalue weighted by atomic mass is 16.5. The molecule has 5 atom stereocenters. The van der Waals surface area contributed by atoms with Gasteiger partial charge in [0.1, 0.15) is 12.1 Å². The maximum Gasteiger partial charge on any atom is 0.329 e. The molecule has 4 unspecified atom stereocenters. The number of rotatable bonds is 10. The minimum absolute atomic E-state index is 0.0105. The summed E-state index contributed by atoms with van der Waals surface area (Å²) >= 11 is 0. The number of piperidine rings is 1. The van der Waals surface area contributed by atoms with Crippen LogP contribution in [0.5, 0.6) is 0 Å². The van der Waals surface area contributed by atoms with Crippen LogP contribution in [0.25, 0.3) is 0 Å². The number of nitrogens with one attached hydrogen (secondary N) is 1. The average molecular weight is 592 g/mol. The second-order valence-corrected chi connectivity index (χ2v) is 14.4. The van der Waals surface area contributed by atoms with Gasteiger partial charge in [-0.3, -0.25) is 24.2 Å². The molecule has 0 bridgehead atoms. The van der Waals surface area contributed by atoms with E-state index in [0.29, 0.717) is 19.5 Å². The second kappa shape index (κ2) is 14.5. The number of hydrogen-bond acceptors (Lipinski definition) is 7. The quantitative estimate of drug-likeness (QED) is 0.390. The van der Waals surface area contributed by atoms with Gasteiger partial charge in [0.2, 0.25) is 17.7 Å². The van der Waals surface area contributed by atoms with Crippen LogP contribution in [-0.2, 0) is 23.9 Å². The first kappa shape index (κ1) is 34.3. The zero-order valence-electron chi connectivity index (χ0n) is 27.6. The highest BCUT2D eigenvalue weighted by Crippen LogP contribution is 2.29. The summed E-state index contributed by atoms with van der Waals surface area (Å²) in [4.78, 5) is 61.8. The molecule has 0 saturated carbocycles. The van der Waals surface area contributed by atoms with E-state index in [1.165, 1.54) is 0 Å². The van der Waals surface area contributed by atoms with Crippen molar-refractivity contribution in [2.75, 3.05) is 40.3 Å². The molecule has 3 aliphatic rings. The Morgan fingerprint density at radius 3 is 2.10 bits per heavy atom. The van der Waals surface area contributed by atoms with Crippen molar-refractivity contribution in [3.63, 3.8) is 0 Å². The fraction of sp³-hybridized carbons (Fsp3) is 0.875. The molecule has 3 aliphatic heterocycles. The maximum atomic E-state index is 14.1. The summed E-state index contributed by atoms with van der Waals surface area (Å²) in [6.45, 7) is 16.6. The third kappa shape index (κ3) is 8.24. The number of likely N-dealkylation sites (tertiary alicyclic amines) is 3. The topological polar surface area (TPSA) is 102 Å². The van der Waals surface area contributed by atoms with Gasteiger partial charge in [-0.25, -0.2) is 4.79 Å². The lowest BCUT2D eigenvalue weighted by Gasteiger charge is -2.41. The average Bonchev–Trinajstić information content (AvgIpc) is 3.58. The van der Waals surface area contributed by atoms with Crippen LogP contribution in [0.3, 0.4) is 0 Å².